The van der Waals surface area contributed by atoms with Crippen LogP contribution in [0.2, 0.25) is 0 Å². The fraction of sp³-hybridized carbons (Fsp3) is 0.385. The monoisotopic (exact) mass is 265 g/mol. The van der Waals surface area contributed by atoms with Crippen LogP contribution in [-0.4, -0.2) is 37.2 Å². The maximum atomic E-state index is 11.8. The van der Waals surface area contributed by atoms with Crippen LogP contribution < -0.4 is 15.5 Å². The standard InChI is InChI=1S/C13H19N3O3/c1-4-9(12(17)18)14-13(19)15-10-7-5-6-8-11(10)16(2)3/h5-9H,4H2,1-3H3,(H,17,18)(H2,14,15,19). The average Bonchev–Trinajstić information content (AvgIpc) is 2.35. The van der Waals surface area contributed by atoms with E-state index in [0.29, 0.717) is 12.1 Å². The van der Waals surface area contributed by atoms with Crippen molar-refractivity contribution in [1.82, 2.24) is 5.32 Å². The highest BCUT2D eigenvalue weighted by Crippen LogP contribution is 2.23. The summed E-state index contributed by atoms with van der Waals surface area (Å²) in [5, 5.41) is 13.9. The van der Waals surface area contributed by atoms with Gasteiger partial charge in [-0.05, 0) is 18.6 Å². The number of benzene rings is 1. The number of nitrogens with zero attached hydrogens (tertiary/aromatic N) is 1. The molecule has 2 amide bonds. The van der Waals surface area contributed by atoms with Crippen LogP contribution >= 0.6 is 0 Å². The summed E-state index contributed by atoms with van der Waals surface area (Å²) in [5.41, 5.74) is 1.48. The van der Waals surface area contributed by atoms with Gasteiger partial charge in [-0.25, -0.2) is 9.59 Å². The second-order valence-electron chi connectivity index (χ2n) is 4.31. The third kappa shape index (κ3) is 4.17. The predicted molar refractivity (Wildman–Crippen MR) is 74.6 cm³/mol. The zero-order valence-corrected chi connectivity index (χ0v) is 11.3. The molecule has 19 heavy (non-hydrogen) atoms. The molecule has 6 heteroatoms. The molecule has 1 rings (SSSR count). The van der Waals surface area contributed by atoms with Crippen LogP contribution in [0.15, 0.2) is 24.3 Å². The van der Waals surface area contributed by atoms with E-state index in [1.807, 2.05) is 31.1 Å². The number of rotatable bonds is 5. The van der Waals surface area contributed by atoms with E-state index in [1.54, 1.807) is 19.1 Å². The summed E-state index contributed by atoms with van der Waals surface area (Å²) in [4.78, 5) is 24.5. The Hall–Kier alpha value is -2.24. The quantitative estimate of drug-likeness (QED) is 0.757. The lowest BCUT2D eigenvalue weighted by Crippen LogP contribution is -2.42. The van der Waals surface area contributed by atoms with Crippen molar-refractivity contribution < 1.29 is 14.7 Å². The number of aliphatic carboxylic acids is 1. The molecule has 0 fully saturated rings. The van der Waals surface area contributed by atoms with Crippen molar-refractivity contribution in [3.05, 3.63) is 24.3 Å². The van der Waals surface area contributed by atoms with Crippen molar-refractivity contribution in [3.63, 3.8) is 0 Å². The number of carbonyl (C=O) groups is 2. The van der Waals surface area contributed by atoms with Gasteiger partial charge in [-0.1, -0.05) is 19.1 Å². The molecule has 0 heterocycles. The minimum absolute atomic E-state index is 0.331. The van der Waals surface area contributed by atoms with Crippen LogP contribution in [0.25, 0.3) is 0 Å². The van der Waals surface area contributed by atoms with E-state index in [1.165, 1.54) is 0 Å². The fourth-order valence-corrected chi connectivity index (χ4v) is 1.62. The van der Waals surface area contributed by atoms with Gasteiger partial charge in [0.15, 0.2) is 0 Å². The summed E-state index contributed by atoms with van der Waals surface area (Å²) in [6.45, 7) is 1.70. The predicted octanol–water partition coefficient (Wildman–Crippen LogP) is 1.74. The van der Waals surface area contributed by atoms with E-state index in [2.05, 4.69) is 10.6 Å². The molecule has 0 aliphatic heterocycles. The number of carbonyl (C=O) groups excluding carboxylic acids is 1. The molecule has 0 spiro atoms. The van der Waals surface area contributed by atoms with Gasteiger partial charge in [0.25, 0.3) is 0 Å². The summed E-state index contributed by atoms with van der Waals surface area (Å²) in [6.07, 6.45) is 0.331. The van der Waals surface area contributed by atoms with Crippen LogP contribution in [0.1, 0.15) is 13.3 Å². The molecule has 0 aromatic heterocycles. The van der Waals surface area contributed by atoms with E-state index >= 15 is 0 Å². The maximum absolute atomic E-state index is 11.8. The van der Waals surface area contributed by atoms with Gasteiger partial charge < -0.3 is 20.6 Å². The SMILES string of the molecule is CCC(NC(=O)Nc1ccccc1N(C)C)C(=O)O. The fourth-order valence-electron chi connectivity index (χ4n) is 1.62. The number of hydrogen-bond acceptors (Lipinski definition) is 3. The Kier molecular flexibility index (Phi) is 5.17. The number of amides is 2. The van der Waals surface area contributed by atoms with Gasteiger partial charge in [0.1, 0.15) is 6.04 Å². The molecule has 0 bridgehead atoms. The van der Waals surface area contributed by atoms with E-state index in [-0.39, 0.29) is 0 Å². The Morgan fingerprint density at radius 1 is 1.32 bits per heavy atom. The number of nitrogens with one attached hydrogen (secondary N) is 2. The highest BCUT2D eigenvalue weighted by molar-refractivity contribution is 5.95. The molecule has 1 aromatic rings. The Morgan fingerprint density at radius 2 is 1.95 bits per heavy atom. The Labute approximate surface area is 112 Å². The summed E-state index contributed by atoms with van der Waals surface area (Å²) in [7, 11) is 3.73. The molecule has 0 aliphatic carbocycles. The summed E-state index contributed by atoms with van der Waals surface area (Å²) >= 11 is 0. The molecule has 6 nitrogen and oxygen atoms in total. The lowest BCUT2D eigenvalue weighted by atomic mass is 10.2. The van der Waals surface area contributed by atoms with Crippen LogP contribution in [0, 0.1) is 0 Å². The molecule has 1 unspecified atom stereocenters. The van der Waals surface area contributed by atoms with Crippen LogP contribution in [0.5, 0.6) is 0 Å². The van der Waals surface area contributed by atoms with Crippen LogP contribution in [0.4, 0.5) is 16.2 Å². The normalized spacial score (nSPS) is 11.5. The van der Waals surface area contributed by atoms with Crippen molar-refractivity contribution in [2.75, 3.05) is 24.3 Å². The number of hydrogen-bond donors (Lipinski definition) is 3. The van der Waals surface area contributed by atoms with Crippen molar-refractivity contribution >= 4 is 23.4 Å². The van der Waals surface area contributed by atoms with Gasteiger partial charge in [-0.3, -0.25) is 0 Å². The molecule has 1 aromatic carbocycles. The van der Waals surface area contributed by atoms with Gasteiger partial charge in [0, 0.05) is 14.1 Å². The second-order valence-corrected chi connectivity index (χ2v) is 4.31. The van der Waals surface area contributed by atoms with Gasteiger partial charge >= 0.3 is 12.0 Å². The molecular weight excluding hydrogens is 246 g/mol. The summed E-state index contributed by atoms with van der Waals surface area (Å²) in [5.74, 6) is -1.04. The highest BCUT2D eigenvalue weighted by Gasteiger charge is 2.18. The highest BCUT2D eigenvalue weighted by atomic mass is 16.4. The molecule has 104 valence electrons. The van der Waals surface area contributed by atoms with Crippen molar-refractivity contribution in [1.29, 1.82) is 0 Å². The molecule has 1 atom stereocenters. The minimum Gasteiger partial charge on any atom is -0.480 e. The minimum atomic E-state index is -1.04. The summed E-state index contributed by atoms with van der Waals surface area (Å²) < 4.78 is 0. The number of carboxylic acid groups (broad SMARTS) is 1. The van der Waals surface area contributed by atoms with Gasteiger partial charge in [-0.15, -0.1) is 0 Å². The van der Waals surface area contributed by atoms with Crippen LogP contribution in [-0.2, 0) is 4.79 Å². The van der Waals surface area contributed by atoms with Crippen LogP contribution in [0.3, 0.4) is 0 Å². The van der Waals surface area contributed by atoms with Gasteiger partial charge in [0.05, 0.1) is 11.4 Å². The van der Waals surface area contributed by atoms with Crippen molar-refractivity contribution in [2.45, 2.75) is 19.4 Å². The number of urea groups is 1. The Balaban J connectivity index is 2.74. The molecule has 0 aliphatic rings. The van der Waals surface area contributed by atoms with Crippen molar-refractivity contribution in [3.8, 4) is 0 Å². The largest absolute Gasteiger partial charge is 0.480 e. The third-order valence-corrected chi connectivity index (χ3v) is 2.65. The first kappa shape index (κ1) is 14.8. The lowest BCUT2D eigenvalue weighted by molar-refractivity contribution is -0.139. The average molecular weight is 265 g/mol. The first-order valence-corrected chi connectivity index (χ1v) is 6.02. The van der Waals surface area contributed by atoms with Gasteiger partial charge in [-0.2, -0.15) is 0 Å². The zero-order valence-electron chi connectivity index (χ0n) is 11.3. The smallest absolute Gasteiger partial charge is 0.326 e. The Bertz CT molecular complexity index is 460. The van der Waals surface area contributed by atoms with Gasteiger partial charge in [0.2, 0.25) is 0 Å². The molecule has 0 saturated heterocycles. The molecule has 0 radical (unpaired) electrons. The zero-order chi connectivity index (χ0) is 14.4. The third-order valence-electron chi connectivity index (χ3n) is 2.65. The van der Waals surface area contributed by atoms with Crippen molar-refractivity contribution in [2.24, 2.45) is 0 Å². The van der Waals surface area contributed by atoms with E-state index in [9.17, 15) is 9.59 Å². The lowest BCUT2D eigenvalue weighted by Gasteiger charge is -2.19. The number of carboxylic acids is 1. The molecule has 3 N–H and O–H groups in total. The number of anilines is 2. The molecular formula is C13H19N3O3. The second kappa shape index (κ2) is 6.63. The summed E-state index contributed by atoms with van der Waals surface area (Å²) in [6, 6.07) is 5.89. The maximum Gasteiger partial charge on any atom is 0.326 e. The topological polar surface area (TPSA) is 81.7 Å². The molecule has 0 saturated carbocycles. The van der Waals surface area contributed by atoms with E-state index in [4.69, 9.17) is 5.11 Å². The van der Waals surface area contributed by atoms with E-state index < -0.39 is 18.0 Å². The number of para-hydroxylation sites is 2. The Morgan fingerprint density at radius 3 is 2.47 bits per heavy atom. The van der Waals surface area contributed by atoms with E-state index in [0.717, 1.165) is 5.69 Å². The first-order valence-electron chi connectivity index (χ1n) is 6.02. The first-order chi connectivity index (χ1) is 8.95.